The molecule has 0 saturated carbocycles. The zero-order valence-corrected chi connectivity index (χ0v) is 14.9. The zero-order chi connectivity index (χ0) is 19.6. The standard InChI is InChI=1S/C19H14F4N2OS/c1-27-15-8-4-13(5-9-15)18-16(12-2-6-14(20)7-3-12)10-17(26)25(24-18)11-19(21,22)23/h2-10H,11H2,1H3. The number of rotatable bonds is 4. The molecule has 3 nitrogen and oxygen atoms in total. The summed E-state index contributed by atoms with van der Waals surface area (Å²) in [7, 11) is 0. The quantitative estimate of drug-likeness (QED) is 0.461. The van der Waals surface area contributed by atoms with Crippen molar-refractivity contribution < 1.29 is 17.6 Å². The topological polar surface area (TPSA) is 34.9 Å². The van der Waals surface area contributed by atoms with Gasteiger partial charge in [-0.3, -0.25) is 4.79 Å². The maximum Gasteiger partial charge on any atom is 0.408 e. The van der Waals surface area contributed by atoms with Gasteiger partial charge in [0.1, 0.15) is 12.4 Å². The normalized spacial score (nSPS) is 11.6. The van der Waals surface area contributed by atoms with Gasteiger partial charge in [0, 0.05) is 22.1 Å². The number of hydrogen-bond acceptors (Lipinski definition) is 3. The van der Waals surface area contributed by atoms with Crippen LogP contribution in [0.2, 0.25) is 0 Å². The first-order valence-electron chi connectivity index (χ1n) is 7.86. The Bertz CT molecular complexity index is 996. The number of nitrogens with zero attached hydrogens (tertiary/aromatic N) is 2. The van der Waals surface area contributed by atoms with Crippen LogP contribution in [0.5, 0.6) is 0 Å². The second-order valence-corrected chi connectivity index (χ2v) is 6.63. The second kappa shape index (κ2) is 7.56. The Hall–Kier alpha value is -2.61. The summed E-state index contributed by atoms with van der Waals surface area (Å²) in [5.74, 6) is -0.456. The van der Waals surface area contributed by atoms with E-state index in [1.165, 1.54) is 36.0 Å². The number of benzene rings is 2. The van der Waals surface area contributed by atoms with Gasteiger partial charge >= 0.3 is 6.18 Å². The second-order valence-electron chi connectivity index (χ2n) is 5.75. The van der Waals surface area contributed by atoms with Crippen molar-refractivity contribution in [2.24, 2.45) is 0 Å². The lowest BCUT2D eigenvalue weighted by atomic mass is 10.00. The van der Waals surface area contributed by atoms with E-state index in [0.717, 1.165) is 11.0 Å². The number of thioether (sulfide) groups is 1. The first-order valence-corrected chi connectivity index (χ1v) is 9.08. The van der Waals surface area contributed by atoms with E-state index in [4.69, 9.17) is 0 Å². The van der Waals surface area contributed by atoms with Gasteiger partial charge in [0.05, 0.1) is 5.69 Å². The molecule has 0 amide bonds. The fourth-order valence-electron chi connectivity index (χ4n) is 2.58. The Morgan fingerprint density at radius 1 is 1.00 bits per heavy atom. The maximum atomic E-state index is 13.2. The van der Waals surface area contributed by atoms with E-state index >= 15 is 0 Å². The lowest BCUT2D eigenvalue weighted by Gasteiger charge is -2.14. The summed E-state index contributed by atoms with van der Waals surface area (Å²) in [5.41, 5.74) is 0.733. The van der Waals surface area contributed by atoms with Crippen molar-refractivity contribution in [3.63, 3.8) is 0 Å². The third kappa shape index (κ3) is 4.57. The fourth-order valence-corrected chi connectivity index (χ4v) is 2.99. The van der Waals surface area contributed by atoms with Crippen LogP contribution < -0.4 is 5.56 Å². The lowest BCUT2D eigenvalue weighted by molar-refractivity contribution is -0.143. The molecule has 0 aliphatic heterocycles. The minimum Gasteiger partial charge on any atom is -0.268 e. The highest BCUT2D eigenvalue weighted by Crippen LogP contribution is 2.31. The first kappa shape index (κ1) is 19.2. The van der Waals surface area contributed by atoms with Crippen LogP contribution in [0.15, 0.2) is 64.3 Å². The van der Waals surface area contributed by atoms with E-state index in [9.17, 15) is 22.4 Å². The molecule has 0 spiro atoms. The molecule has 0 atom stereocenters. The molecule has 0 radical (unpaired) electrons. The van der Waals surface area contributed by atoms with Crippen molar-refractivity contribution in [1.29, 1.82) is 0 Å². The third-order valence-corrected chi connectivity index (χ3v) is 4.59. The Morgan fingerprint density at radius 3 is 2.15 bits per heavy atom. The van der Waals surface area contributed by atoms with E-state index in [0.29, 0.717) is 21.4 Å². The number of alkyl halides is 3. The average molecular weight is 394 g/mol. The average Bonchev–Trinajstić information content (AvgIpc) is 2.63. The highest BCUT2D eigenvalue weighted by Gasteiger charge is 2.29. The predicted molar refractivity (Wildman–Crippen MR) is 97.2 cm³/mol. The van der Waals surface area contributed by atoms with Gasteiger partial charge in [-0.05, 0) is 36.1 Å². The summed E-state index contributed by atoms with van der Waals surface area (Å²) in [4.78, 5) is 13.1. The highest BCUT2D eigenvalue weighted by molar-refractivity contribution is 7.98. The van der Waals surface area contributed by atoms with Gasteiger partial charge in [-0.1, -0.05) is 24.3 Å². The van der Waals surface area contributed by atoms with E-state index in [1.807, 2.05) is 18.4 Å². The molecule has 0 saturated heterocycles. The molecular weight excluding hydrogens is 380 g/mol. The van der Waals surface area contributed by atoms with Crippen molar-refractivity contribution in [3.8, 4) is 22.4 Å². The molecule has 0 aliphatic carbocycles. The monoisotopic (exact) mass is 394 g/mol. The predicted octanol–water partition coefficient (Wildman–Crippen LogP) is 5.00. The molecule has 3 aromatic rings. The van der Waals surface area contributed by atoms with Crippen LogP contribution in [-0.2, 0) is 6.54 Å². The fraction of sp³-hybridized carbons (Fsp3) is 0.158. The van der Waals surface area contributed by atoms with E-state index in [1.54, 1.807) is 12.1 Å². The van der Waals surface area contributed by atoms with Crippen LogP contribution >= 0.6 is 11.8 Å². The van der Waals surface area contributed by atoms with E-state index in [-0.39, 0.29) is 5.69 Å². The minimum atomic E-state index is -4.58. The zero-order valence-electron chi connectivity index (χ0n) is 14.1. The molecule has 2 aromatic carbocycles. The first-order chi connectivity index (χ1) is 12.8. The Morgan fingerprint density at radius 2 is 1.59 bits per heavy atom. The molecule has 0 unspecified atom stereocenters. The molecule has 3 rings (SSSR count). The minimum absolute atomic E-state index is 0.220. The molecule has 27 heavy (non-hydrogen) atoms. The SMILES string of the molecule is CSc1ccc(-c2nn(CC(F)(F)F)c(=O)cc2-c2ccc(F)cc2)cc1. The van der Waals surface area contributed by atoms with Crippen LogP contribution in [0.25, 0.3) is 22.4 Å². The maximum absolute atomic E-state index is 13.2. The van der Waals surface area contributed by atoms with Crippen LogP contribution in [0.4, 0.5) is 17.6 Å². The van der Waals surface area contributed by atoms with Gasteiger partial charge < -0.3 is 0 Å². The van der Waals surface area contributed by atoms with Crippen molar-refractivity contribution in [3.05, 3.63) is 70.8 Å². The van der Waals surface area contributed by atoms with Gasteiger partial charge in [-0.15, -0.1) is 11.8 Å². The number of aromatic nitrogens is 2. The molecular formula is C19H14F4N2OS. The summed E-state index contributed by atoms with van der Waals surface area (Å²) in [6.07, 6.45) is -2.67. The Balaban J connectivity index is 2.20. The third-order valence-electron chi connectivity index (χ3n) is 3.85. The van der Waals surface area contributed by atoms with E-state index < -0.39 is 24.1 Å². The van der Waals surface area contributed by atoms with E-state index in [2.05, 4.69) is 5.10 Å². The van der Waals surface area contributed by atoms with Crippen molar-refractivity contribution in [2.45, 2.75) is 17.6 Å². The molecule has 0 N–H and O–H groups in total. The van der Waals surface area contributed by atoms with Gasteiger partial charge in [-0.25, -0.2) is 9.07 Å². The van der Waals surface area contributed by atoms with Crippen molar-refractivity contribution in [1.82, 2.24) is 9.78 Å². The van der Waals surface area contributed by atoms with Crippen molar-refractivity contribution >= 4 is 11.8 Å². The summed E-state index contributed by atoms with van der Waals surface area (Å²) in [6, 6.07) is 13.5. The van der Waals surface area contributed by atoms with Gasteiger partial charge in [-0.2, -0.15) is 18.3 Å². The van der Waals surface area contributed by atoms with Crippen molar-refractivity contribution in [2.75, 3.05) is 6.26 Å². The highest BCUT2D eigenvalue weighted by atomic mass is 32.2. The Labute approximate surface area is 156 Å². The summed E-state index contributed by atoms with van der Waals surface area (Å²) in [6.45, 7) is -1.48. The van der Waals surface area contributed by atoms with Gasteiger partial charge in [0.15, 0.2) is 0 Å². The summed E-state index contributed by atoms with van der Waals surface area (Å²) < 4.78 is 52.0. The number of hydrogen-bond donors (Lipinski definition) is 0. The van der Waals surface area contributed by atoms with Gasteiger partial charge in [0.2, 0.25) is 0 Å². The lowest BCUT2D eigenvalue weighted by Crippen LogP contribution is -2.30. The summed E-state index contributed by atoms with van der Waals surface area (Å²) in [5, 5.41) is 3.97. The van der Waals surface area contributed by atoms with Crippen LogP contribution in [-0.4, -0.2) is 22.2 Å². The summed E-state index contributed by atoms with van der Waals surface area (Å²) >= 11 is 1.52. The molecule has 140 valence electrons. The molecule has 0 aliphatic rings. The molecule has 0 bridgehead atoms. The smallest absolute Gasteiger partial charge is 0.268 e. The molecule has 0 fully saturated rings. The van der Waals surface area contributed by atoms with Crippen LogP contribution in [0.1, 0.15) is 0 Å². The Kier molecular flexibility index (Phi) is 5.36. The molecule has 1 aromatic heterocycles. The number of halogens is 4. The van der Waals surface area contributed by atoms with Gasteiger partial charge in [0.25, 0.3) is 5.56 Å². The molecule has 8 heteroatoms. The largest absolute Gasteiger partial charge is 0.408 e. The van der Waals surface area contributed by atoms with Crippen LogP contribution in [0, 0.1) is 5.82 Å². The van der Waals surface area contributed by atoms with Crippen LogP contribution in [0.3, 0.4) is 0 Å². The molecule has 1 heterocycles.